The van der Waals surface area contributed by atoms with E-state index in [1.807, 2.05) is 0 Å². The number of rotatable bonds is 4. The molecular weight excluding hydrogens is 289 g/mol. The first-order valence-electron chi connectivity index (χ1n) is 6.78. The molecule has 3 rings (SSSR count). The molecule has 22 heavy (non-hydrogen) atoms. The van der Waals surface area contributed by atoms with Crippen LogP contribution in [0.5, 0.6) is 17.2 Å². The first-order valence-corrected chi connectivity index (χ1v) is 6.78. The Hall–Kier alpha value is -2.76. The van der Waals surface area contributed by atoms with E-state index in [4.69, 9.17) is 14.2 Å². The van der Waals surface area contributed by atoms with Crippen molar-refractivity contribution in [1.82, 2.24) is 0 Å². The number of hydrogen-bond acceptors (Lipinski definition) is 4. The average Bonchev–Trinajstić information content (AvgIpc) is 2.53. The normalized spacial score (nSPS) is 12.6. The van der Waals surface area contributed by atoms with Crippen molar-refractivity contribution in [3.63, 3.8) is 0 Å². The van der Waals surface area contributed by atoms with Crippen molar-refractivity contribution in [2.24, 2.45) is 0 Å². The van der Waals surface area contributed by atoms with Gasteiger partial charge in [0.05, 0.1) is 0 Å². The van der Waals surface area contributed by atoms with E-state index in [-0.39, 0.29) is 12.5 Å². The minimum Gasteiger partial charge on any atom is -0.486 e. The second kappa shape index (κ2) is 6.34. The van der Waals surface area contributed by atoms with Crippen LogP contribution in [0, 0.1) is 5.82 Å². The molecule has 0 bridgehead atoms. The molecular formula is C16H14FNO4. The van der Waals surface area contributed by atoms with E-state index < -0.39 is 5.82 Å². The zero-order valence-electron chi connectivity index (χ0n) is 11.7. The van der Waals surface area contributed by atoms with Gasteiger partial charge in [0.1, 0.15) is 24.8 Å². The Morgan fingerprint density at radius 3 is 2.77 bits per heavy atom. The van der Waals surface area contributed by atoms with Gasteiger partial charge in [-0.3, -0.25) is 4.79 Å². The van der Waals surface area contributed by atoms with Gasteiger partial charge in [-0.15, -0.1) is 0 Å². The molecule has 0 aliphatic carbocycles. The topological polar surface area (TPSA) is 56.8 Å². The van der Waals surface area contributed by atoms with E-state index in [0.29, 0.717) is 36.1 Å². The molecule has 0 aromatic heterocycles. The minimum absolute atomic E-state index is 0.210. The Morgan fingerprint density at radius 1 is 1.14 bits per heavy atom. The zero-order chi connectivity index (χ0) is 15.4. The number of amides is 1. The molecule has 0 saturated heterocycles. The van der Waals surface area contributed by atoms with Gasteiger partial charge in [0.25, 0.3) is 5.91 Å². The van der Waals surface area contributed by atoms with Gasteiger partial charge >= 0.3 is 0 Å². The number of nitrogens with one attached hydrogen (secondary N) is 1. The molecule has 0 atom stereocenters. The van der Waals surface area contributed by atoms with Crippen molar-refractivity contribution >= 4 is 11.6 Å². The van der Waals surface area contributed by atoms with Gasteiger partial charge in [0.15, 0.2) is 18.1 Å². The van der Waals surface area contributed by atoms with Crippen molar-refractivity contribution in [2.75, 3.05) is 25.1 Å². The van der Waals surface area contributed by atoms with Crippen LogP contribution < -0.4 is 19.5 Å². The zero-order valence-corrected chi connectivity index (χ0v) is 11.7. The van der Waals surface area contributed by atoms with Crippen LogP contribution >= 0.6 is 0 Å². The Morgan fingerprint density at radius 2 is 1.95 bits per heavy atom. The third-order valence-corrected chi connectivity index (χ3v) is 2.99. The molecule has 0 spiro atoms. The summed E-state index contributed by atoms with van der Waals surface area (Å²) in [7, 11) is 0. The highest BCUT2D eigenvalue weighted by Gasteiger charge is 2.13. The van der Waals surface area contributed by atoms with E-state index in [9.17, 15) is 9.18 Å². The second-order valence-electron chi connectivity index (χ2n) is 4.65. The summed E-state index contributed by atoms with van der Waals surface area (Å²) in [5.41, 5.74) is 0.581. The van der Waals surface area contributed by atoms with Crippen LogP contribution in [0.4, 0.5) is 10.1 Å². The predicted molar refractivity (Wildman–Crippen MR) is 78.0 cm³/mol. The van der Waals surface area contributed by atoms with Gasteiger partial charge < -0.3 is 19.5 Å². The Kier molecular flexibility index (Phi) is 4.09. The van der Waals surface area contributed by atoms with Crippen LogP contribution in [0.25, 0.3) is 0 Å². The smallest absolute Gasteiger partial charge is 0.262 e. The van der Waals surface area contributed by atoms with E-state index in [0.717, 1.165) is 0 Å². The van der Waals surface area contributed by atoms with Crippen molar-refractivity contribution in [3.05, 3.63) is 48.3 Å². The fourth-order valence-corrected chi connectivity index (χ4v) is 2.02. The van der Waals surface area contributed by atoms with Gasteiger partial charge in [-0.05, 0) is 24.3 Å². The number of ether oxygens (including phenoxy) is 3. The molecule has 5 nitrogen and oxygen atoms in total. The van der Waals surface area contributed by atoms with E-state index in [1.165, 1.54) is 18.2 Å². The van der Waals surface area contributed by atoms with Crippen LogP contribution in [0.2, 0.25) is 0 Å². The largest absolute Gasteiger partial charge is 0.486 e. The van der Waals surface area contributed by atoms with Gasteiger partial charge in [0.2, 0.25) is 0 Å². The lowest BCUT2D eigenvalue weighted by atomic mass is 10.2. The fraction of sp³-hybridized carbons (Fsp3) is 0.188. The first kappa shape index (κ1) is 14.2. The Balaban J connectivity index is 1.57. The summed E-state index contributed by atoms with van der Waals surface area (Å²) in [5.74, 6) is 0.790. The van der Waals surface area contributed by atoms with Crippen LogP contribution in [0.15, 0.2) is 42.5 Å². The van der Waals surface area contributed by atoms with Gasteiger partial charge in [-0.25, -0.2) is 4.39 Å². The maximum atomic E-state index is 13.0. The van der Waals surface area contributed by atoms with Crippen molar-refractivity contribution in [1.29, 1.82) is 0 Å². The lowest BCUT2D eigenvalue weighted by Crippen LogP contribution is -2.20. The standard InChI is InChI=1S/C16H14FNO4/c17-11-2-1-3-13(8-11)22-10-16(19)18-12-4-5-14-15(9-12)21-7-6-20-14/h1-5,8-9H,6-7,10H2,(H,18,19). The van der Waals surface area contributed by atoms with E-state index >= 15 is 0 Å². The molecule has 2 aromatic carbocycles. The molecule has 1 aliphatic heterocycles. The molecule has 1 aliphatic rings. The lowest BCUT2D eigenvalue weighted by Gasteiger charge is -2.19. The molecule has 1 N–H and O–H groups in total. The van der Waals surface area contributed by atoms with Crippen molar-refractivity contribution < 1.29 is 23.4 Å². The first-order chi connectivity index (χ1) is 10.7. The summed E-state index contributed by atoms with van der Waals surface area (Å²) < 4.78 is 29.1. The molecule has 1 heterocycles. The highest BCUT2D eigenvalue weighted by Crippen LogP contribution is 2.32. The molecule has 0 saturated carbocycles. The molecule has 0 unspecified atom stereocenters. The molecule has 0 radical (unpaired) electrons. The van der Waals surface area contributed by atoms with Crippen molar-refractivity contribution in [3.8, 4) is 17.2 Å². The molecule has 114 valence electrons. The summed E-state index contributed by atoms with van der Waals surface area (Å²) in [6, 6.07) is 10.8. The second-order valence-corrected chi connectivity index (χ2v) is 4.65. The number of benzene rings is 2. The number of carbonyl (C=O) groups is 1. The monoisotopic (exact) mass is 303 g/mol. The summed E-state index contributed by atoms with van der Waals surface area (Å²) in [6.45, 7) is 0.783. The van der Waals surface area contributed by atoms with Gasteiger partial charge in [0, 0.05) is 17.8 Å². The SMILES string of the molecule is O=C(COc1cccc(F)c1)Nc1ccc2c(c1)OCCO2. The molecule has 2 aromatic rings. The molecule has 6 heteroatoms. The number of anilines is 1. The average molecular weight is 303 g/mol. The molecule has 1 amide bonds. The Labute approximate surface area is 126 Å². The lowest BCUT2D eigenvalue weighted by molar-refractivity contribution is -0.118. The summed E-state index contributed by atoms with van der Waals surface area (Å²) >= 11 is 0. The van der Waals surface area contributed by atoms with E-state index in [1.54, 1.807) is 24.3 Å². The third-order valence-electron chi connectivity index (χ3n) is 2.99. The summed E-state index contributed by atoms with van der Waals surface area (Å²) in [4.78, 5) is 11.8. The highest BCUT2D eigenvalue weighted by atomic mass is 19.1. The van der Waals surface area contributed by atoms with Crippen LogP contribution in [-0.4, -0.2) is 25.7 Å². The maximum absolute atomic E-state index is 13.0. The maximum Gasteiger partial charge on any atom is 0.262 e. The Bertz CT molecular complexity index is 690. The number of hydrogen-bond donors (Lipinski definition) is 1. The van der Waals surface area contributed by atoms with E-state index in [2.05, 4.69) is 5.32 Å². The summed E-state index contributed by atoms with van der Waals surface area (Å²) in [5, 5.41) is 2.68. The number of carbonyl (C=O) groups excluding carboxylic acids is 1. The van der Waals surface area contributed by atoms with Crippen molar-refractivity contribution in [2.45, 2.75) is 0 Å². The highest BCUT2D eigenvalue weighted by molar-refractivity contribution is 5.92. The van der Waals surface area contributed by atoms with Crippen LogP contribution in [0.3, 0.4) is 0 Å². The van der Waals surface area contributed by atoms with Crippen LogP contribution in [0.1, 0.15) is 0 Å². The number of halogens is 1. The quantitative estimate of drug-likeness (QED) is 0.943. The van der Waals surface area contributed by atoms with Gasteiger partial charge in [-0.1, -0.05) is 6.07 Å². The minimum atomic E-state index is -0.412. The summed E-state index contributed by atoms with van der Waals surface area (Å²) in [6.07, 6.45) is 0. The van der Waals surface area contributed by atoms with Gasteiger partial charge in [-0.2, -0.15) is 0 Å². The molecule has 0 fully saturated rings. The predicted octanol–water partition coefficient (Wildman–Crippen LogP) is 2.61. The number of fused-ring (bicyclic) bond motifs is 1. The fourth-order valence-electron chi connectivity index (χ4n) is 2.02. The van der Waals surface area contributed by atoms with Crippen LogP contribution in [-0.2, 0) is 4.79 Å². The third kappa shape index (κ3) is 3.46.